The molecule has 0 saturated heterocycles. The first-order valence-corrected chi connectivity index (χ1v) is 6.04. The van der Waals surface area contributed by atoms with E-state index in [0.717, 1.165) is 16.0 Å². The molecule has 5 nitrogen and oxygen atoms in total. The van der Waals surface area contributed by atoms with E-state index in [4.69, 9.17) is 10.5 Å². The van der Waals surface area contributed by atoms with Gasteiger partial charge in [0.25, 0.3) is 0 Å². The lowest BCUT2D eigenvalue weighted by Crippen LogP contribution is -2.14. The number of rotatable bonds is 5. The van der Waals surface area contributed by atoms with E-state index in [-0.39, 0.29) is 0 Å². The number of nitrogens with two attached hydrogens (primary N) is 1. The highest BCUT2D eigenvalue weighted by molar-refractivity contribution is 9.10. The second kappa shape index (κ2) is 5.79. The molecule has 1 aromatic heterocycles. The van der Waals surface area contributed by atoms with Crippen molar-refractivity contribution in [2.75, 3.05) is 6.61 Å². The highest BCUT2D eigenvalue weighted by Gasteiger charge is 2.01. The standard InChI is InChI=1S/C11H13BrN4O/c12-9-1-3-10(4-2-9)17-6-5-16-11(7-13)14-8-15-16/h1-4,8H,5-7,13H2. The molecular formula is C11H13BrN4O. The fourth-order valence-corrected chi connectivity index (χ4v) is 1.68. The first-order chi connectivity index (χ1) is 8.29. The average Bonchev–Trinajstić information content (AvgIpc) is 2.79. The molecule has 0 radical (unpaired) electrons. The van der Waals surface area contributed by atoms with Crippen LogP contribution in [0.3, 0.4) is 0 Å². The zero-order chi connectivity index (χ0) is 12.1. The van der Waals surface area contributed by atoms with Crippen molar-refractivity contribution in [2.45, 2.75) is 13.1 Å². The van der Waals surface area contributed by atoms with Crippen LogP contribution in [-0.4, -0.2) is 21.4 Å². The lowest BCUT2D eigenvalue weighted by Gasteiger charge is -2.07. The van der Waals surface area contributed by atoms with Gasteiger partial charge in [0, 0.05) is 4.47 Å². The minimum absolute atomic E-state index is 0.387. The third-order valence-corrected chi connectivity index (χ3v) is 2.79. The van der Waals surface area contributed by atoms with Crippen molar-refractivity contribution in [3.05, 3.63) is 40.9 Å². The topological polar surface area (TPSA) is 66.0 Å². The molecule has 0 unspecified atom stereocenters. The van der Waals surface area contributed by atoms with Gasteiger partial charge in [-0.1, -0.05) is 15.9 Å². The van der Waals surface area contributed by atoms with E-state index in [0.29, 0.717) is 19.7 Å². The third kappa shape index (κ3) is 3.28. The van der Waals surface area contributed by atoms with Gasteiger partial charge in [-0.05, 0) is 24.3 Å². The number of nitrogens with zero attached hydrogens (tertiary/aromatic N) is 3. The van der Waals surface area contributed by atoms with Crippen LogP contribution >= 0.6 is 15.9 Å². The van der Waals surface area contributed by atoms with E-state index in [1.54, 1.807) is 4.68 Å². The highest BCUT2D eigenvalue weighted by atomic mass is 79.9. The number of hydrogen-bond donors (Lipinski definition) is 1. The molecule has 0 bridgehead atoms. The Balaban J connectivity index is 1.85. The first-order valence-electron chi connectivity index (χ1n) is 5.24. The fourth-order valence-electron chi connectivity index (χ4n) is 1.41. The molecule has 0 aliphatic carbocycles. The van der Waals surface area contributed by atoms with Crippen LogP contribution in [0.15, 0.2) is 35.1 Å². The van der Waals surface area contributed by atoms with Gasteiger partial charge in [-0.25, -0.2) is 9.67 Å². The molecule has 2 N–H and O–H groups in total. The fraction of sp³-hybridized carbons (Fsp3) is 0.273. The molecule has 6 heteroatoms. The summed E-state index contributed by atoms with van der Waals surface area (Å²) >= 11 is 3.37. The van der Waals surface area contributed by atoms with Crippen molar-refractivity contribution in [3.8, 4) is 5.75 Å². The molecule has 0 spiro atoms. The SMILES string of the molecule is NCc1ncnn1CCOc1ccc(Br)cc1. The molecule has 90 valence electrons. The summed E-state index contributed by atoms with van der Waals surface area (Å²) < 4.78 is 8.37. The molecule has 17 heavy (non-hydrogen) atoms. The summed E-state index contributed by atoms with van der Waals surface area (Å²) in [7, 11) is 0. The van der Waals surface area contributed by atoms with Gasteiger partial charge in [0.1, 0.15) is 24.5 Å². The molecule has 0 aliphatic rings. The minimum atomic E-state index is 0.387. The molecule has 1 aromatic carbocycles. The Bertz CT molecular complexity index is 469. The summed E-state index contributed by atoms with van der Waals surface area (Å²) in [6.07, 6.45) is 1.50. The van der Waals surface area contributed by atoms with Crippen molar-refractivity contribution in [2.24, 2.45) is 5.73 Å². The Morgan fingerprint density at radius 3 is 2.76 bits per heavy atom. The van der Waals surface area contributed by atoms with Crippen LogP contribution in [0.25, 0.3) is 0 Å². The number of hydrogen-bond acceptors (Lipinski definition) is 4. The molecule has 0 saturated carbocycles. The predicted octanol–water partition coefficient (Wildman–Crippen LogP) is 1.58. The van der Waals surface area contributed by atoms with Crippen LogP contribution in [0.4, 0.5) is 0 Å². The Morgan fingerprint density at radius 2 is 2.06 bits per heavy atom. The summed E-state index contributed by atoms with van der Waals surface area (Å²) in [5.41, 5.74) is 5.53. The number of ether oxygens (including phenoxy) is 1. The summed E-state index contributed by atoms with van der Waals surface area (Å²) in [6, 6.07) is 7.71. The molecule has 0 fully saturated rings. The lowest BCUT2D eigenvalue weighted by atomic mass is 10.3. The predicted molar refractivity (Wildman–Crippen MR) is 67.6 cm³/mol. The van der Waals surface area contributed by atoms with E-state index < -0.39 is 0 Å². The van der Waals surface area contributed by atoms with Gasteiger partial charge in [0.05, 0.1) is 13.1 Å². The van der Waals surface area contributed by atoms with Crippen molar-refractivity contribution in [1.82, 2.24) is 14.8 Å². The highest BCUT2D eigenvalue weighted by Crippen LogP contribution is 2.15. The Hall–Kier alpha value is -1.40. The van der Waals surface area contributed by atoms with Crippen molar-refractivity contribution in [3.63, 3.8) is 0 Å². The zero-order valence-corrected chi connectivity index (χ0v) is 10.8. The monoisotopic (exact) mass is 296 g/mol. The summed E-state index contributed by atoms with van der Waals surface area (Å²) in [6.45, 7) is 1.57. The zero-order valence-electron chi connectivity index (χ0n) is 9.21. The normalized spacial score (nSPS) is 10.5. The van der Waals surface area contributed by atoms with Crippen LogP contribution in [0.2, 0.25) is 0 Å². The van der Waals surface area contributed by atoms with Crippen LogP contribution in [0.1, 0.15) is 5.82 Å². The van der Waals surface area contributed by atoms with E-state index >= 15 is 0 Å². The second-order valence-corrected chi connectivity index (χ2v) is 4.32. The Morgan fingerprint density at radius 1 is 1.29 bits per heavy atom. The smallest absolute Gasteiger partial charge is 0.140 e. The Kier molecular flexibility index (Phi) is 4.11. The van der Waals surface area contributed by atoms with Crippen molar-refractivity contribution >= 4 is 15.9 Å². The lowest BCUT2D eigenvalue weighted by molar-refractivity contribution is 0.288. The average molecular weight is 297 g/mol. The van der Waals surface area contributed by atoms with E-state index in [1.807, 2.05) is 24.3 Å². The number of aromatic nitrogens is 3. The number of benzene rings is 1. The summed E-state index contributed by atoms with van der Waals surface area (Å²) in [4.78, 5) is 4.04. The van der Waals surface area contributed by atoms with Gasteiger partial charge in [-0.2, -0.15) is 5.10 Å². The van der Waals surface area contributed by atoms with E-state index in [1.165, 1.54) is 6.33 Å². The maximum Gasteiger partial charge on any atom is 0.140 e. The minimum Gasteiger partial charge on any atom is -0.492 e. The summed E-state index contributed by atoms with van der Waals surface area (Å²) in [5, 5.41) is 4.07. The Labute approximate surface area is 108 Å². The molecule has 2 rings (SSSR count). The molecule has 2 aromatic rings. The molecular weight excluding hydrogens is 284 g/mol. The van der Waals surface area contributed by atoms with Crippen LogP contribution < -0.4 is 10.5 Å². The van der Waals surface area contributed by atoms with Crippen LogP contribution in [0, 0.1) is 0 Å². The maximum atomic E-state index is 5.58. The second-order valence-electron chi connectivity index (χ2n) is 3.41. The van der Waals surface area contributed by atoms with Crippen LogP contribution in [0.5, 0.6) is 5.75 Å². The maximum absolute atomic E-state index is 5.58. The van der Waals surface area contributed by atoms with Gasteiger partial charge in [-0.15, -0.1) is 0 Å². The van der Waals surface area contributed by atoms with Gasteiger partial charge < -0.3 is 10.5 Å². The quantitative estimate of drug-likeness (QED) is 0.910. The summed E-state index contributed by atoms with van der Waals surface area (Å²) in [5.74, 6) is 1.60. The van der Waals surface area contributed by atoms with E-state index in [2.05, 4.69) is 26.0 Å². The van der Waals surface area contributed by atoms with Crippen molar-refractivity contribution < 1.29 is 4.74 Å². The van der Waals surface area contributed by atoms with Crippen LogP contribution in [-0.2, 0) is 13.1 Å². The molecule has 0 amide bonds. The number of halogens is 1. The first kappa shape index (κ1) is 12.1. The van der Waals surface area contributed by atoms with Crippen molar-refractivity contribution in [1.29, 1.82) is 0 Å². The third-order valence-electron chi connectivity index (χ3n) is 2.26. The van der Waals surface area contributed by atoms with Gasteiger partial charge in [0.2, 0.25) is 0 Å². The van der Waals surface area contributed by atoms with Gasteiger partial charge >= 0.3 is 0 Å². The van der Waals surface area contributed by atoms with Gasteiger partial charge in [-0.3, -0.25) is 0 Å². The molecule has 0 aliphatic heterocycles. The largest absolute Gasteiger partial charge is 0.492 e. The molecule has 1 heterocycles. The van der Waals surface area contributed by atoms with E-state index in [9.17, 15) is 0 Å². The molecule has 0 atom stereocenters. The van der Waals surface area contributed by atoms with Gasteiger partial charge in [0.15, 0.2) is 0 Å².